The molecule has 0 aliphatic heterocycles. The van der Waals surface area contributed by atoms with Crippen molar-refractivity contribution in [3.05, 3.63) is 59.1 Å². The number of halogens is 2. The Balaban J connectivity index is 2.13. The summed E-state index contributed by atoms with van der Waals surface area (Å²) >= 11 is 6.24. The Hall–Kier alpha value is -1.53. The van der Waals surface area contributed by atoms with E-state index in [1.165, 1.54) is 43.6 Å². The van der Waals surface area contributed by atoms with Crippen molar-refractivity contribution >= 4 is 82.4 Å². The van der Waals surface area contributed by atoms with Gasteiger partial charge in [-0.2, -0.15) is 0 Å². The van der Waals surface area contributed by atoms with Crippen LogP contribution in [0.3, 0.4) is 0 Å². The first kappa shape index (κ1) is 13.0. The molecule has 2 heterocycles. The van der Waals surface area contributed by atoms with Crippen LogP contribution in [-0.2, 0) is 0 Å². The average Bonchev–Trinajstić information content (AvgIpc) is 3.06. The Morgan fingerprint density at radius 2 is 1.59 bits per heavy atom. The zero-order valence-electron chi connectivity index (χ0n) is 11.4. The molecule has 0 unspecified atom stereocenters. The quantitative estimate of drug-likeness (QED) is 0.258. The molecule has 0 spiro atoms. The number of aromatic nitrogens is 2. The van der Waals surface area contributed by atoms with Gasteiger partial charge in [-0.1, -0.05) is 36.4 Å². The molecule has 0 atom stereocenters. The van der Waals surface area contributed by atoms with Crippen molar-refractivity contribution in [2.45, 2.75) is 0 Å². The predicted molar refractivity (Wildman–Crippen MR) is 106 cm³/mol. The Morgan fingerprint density at radius 3 is 2.45 bits per heavy atom. The van der Waals surface area contributed by atoms with Crippen molar-refractivity contribution in [2.24, 2.45) is 0 Å². The maximum Gasteiger partial charge on any atom is 0.0646 e. The summed E-state index contributed by atoms with van der Waals surface area (Å²) in [5, 5.41) is 5.07. The molecule has 0 aliphatic carbocycles. The van der Waals surface area contributed by atoms with Crippen molar-refractivity contribution in [1.29, 1.82) is 0 Å². The van der Waals surface area contributed by atoms with Gasteiger partial charge in [0.1, 0.15) is 0 Å². The minimum absolute atomic E-state index is 1.14. The van der Waals surface area contributed by atoms with Crippen molar-refractivity contribution in [2.75, 3.05) is 0 Å². The number of nitrogens with one attached hydrogen (secondary N) is 1. The molecule has 1 N–H and O–H groups in total. The Bertz CT molecular complexity index is 1200. The minimum atomic E-state index is 1.14. The molecule has 0 aliphatic rings. The normalized spacial score (nSPS) is 12.1. The number of hydrogen-bond acceptors (Lipinski definition) is 0. The first-order valence-corrected chi connectivity index (χ1v) is 8.80. The molecule has 2 nitrogen and oxygen atoms in total. The molecule has 3 aromatic carbocycles. The maximum atomic E-state index is 3.85. The Kier molecular flexibility index (Phi) is 2.64. The van der Waals surface area contributed by atoms with E-state index in [2.05, 4.69) is 101 Å². The van der Waals surface area contributed by atoms with E-state index in [1.54, 1.807) is 0 Å². The van der Waals surface area contributed by atoms with E-state index in [9.17, 15) is 0 Å². The molecule has 22 heavy (non-hydrogen) atoms. The lowest BCUT2D eigenvalue weighted by Gasteiger charge is -2.00. The molecule has 106 valence electrons. The number of para-hydroxylation sites is 2. The summed E-state index contributed by atoms with van der Waals surface area (Å²) in [7, 11) is 0. The van der Waals surface area contributed by atoms with Gasteiger partial charge in [0.25, 0.3) is 0 Å². The molecule has 5 aromatic rings. The van der Waals surface area contributed by atoms with Crippen LogP contribution in [-0.4, -0.2) is 7.76 Å². The molecule has 0 saturated heterocycles. The van der Waals surface area contributed by atoms with Crippen molar-refractivity contribution < 1.29 is 0 Å². The molecule has 0 radical (unpaired) electrons. The highest BCUT2D eigenvalue weighted by Gasteiger charge is 2.16. The number of H-pyrrole nitrogens is 1. The van der Waals surface area contributed by atoms with E-state index >= 15 is 0 Å². The third kappa shape index (κ3) is 1.54. The fourth-order valence-corrected chi connectivity index (χ4v) is 4.86. The number of aromatic amines is 1. The highest BCUT2D eigenvalue weighted by Crippen LogP contribution is 2.41. The molecule has 5 rings (SSSR count). The van der Waals surface area contributed by atoms with Crippen LogP contribution < -0.4 is 0 Å². The Morgan fingerprint density at radius 1 is 0.864 bits per heavy atom. The number of rotatable bonds is 0. The van der Waals surface area contributed by atoms with Crippen LogP contribution in [0, 0.1) is 0 Å². The SMILES string of the molecule is Brc1c2[nH]c3ccccc3c2cc2c1c1ccccc1n2I. The summed E-state index contributed by atoms with van der Waals surface area (Å²) in [6, 6.07) is 19.3. The zero-order chi connectivity index (χ0) is 14.8. The fourth-order valence-electron chi connectivity index (χ4n) is 3.33. The lowest BCUT2D eigenvalue weighted by atomic mass is 10.1. The topological polar surface area (TPSA) is 20.7 Å². The summed E-state index contributed by atoms with van der Waals surface area (Å²) in [5.41, 5.74) is 4.83. The van der Waals surface area contributed by atoms with Crippen LogP contribution in [0.5, 0.6) is 0 Å². The van der Waals surface area contributed by atoms with Gasteiger partial charge in [0.05, 0.1) is 43.9 Å². The molecular weight excluding hydrogens is 451 g/mol. The van der Waals surface area contributed by atoms with Crippen molar-refractivity contribution in [3.63, 3.8) is 0 Å². The predicted octanol–water partition coefficient (Wildman–Crippen LogP) is 6.39. The first-order valence-electron chi connectivity index (χ1n) is 7.04. The van der Waals surface area contributed by atoms with E-state index in [0.29, 0.717) is 0 Å². The largest absolute Gasteiger partial charge is 0.354 e. The highest BCUT2D eigenvalue weighted by atomic mass is 127. The highest BCUT2D eigenvalue weighted by molar-refractivity contribution is 14.1. The van der Waals surface area contributed by atoms with Gasteiger partial charge in [0, 0.05) is 27.1 Å². The van der Waals surface area contributed by atoms with Gasteiger partial charge in [-0.05, 0) is 34.1 Å². The second-order valence-corrected chi connectivity index (χ2v) is 7.23. The molecule has 0 bridgehead atoms. The van der Waals surface area contributed by atoms with Crippen molar-refractivity contribution in [3.8, 4) is 0 Å². The molecule has 2 aromatic heterocycles. The zero-order valence-corrected chi connectivity index (χ0v) is 15.1. The van der Waals surface area contributed by atoms with Gasteiger partial charge in [0.2, 0.25) is 0 Å². The second kappa shape index (κ2) is 4.49. The lowest BCUT2D eigenvalue weighted by molar-refractivity contribution is 1.50. The van der Waals surface area contributed by atoms with Gasteiger partial charge in [-0.25, -0.2) is 0 Å². The van der Waals surface area contributed by atoms with E-state index in [1.807, 2.05) is 0 Å². The smallest absolute Gasteiger partial charge is 0.0646 e. The fraction of sp³-hybridized carbons (Fsp3) is 0. The van der Waals surface area contributed by atoms with Crippen LogP contribution in [0.1, 0.15) is 0 Å². The van der Waals surface area contributed by atoms with E-state index in [4.69, 9.17) is 0 Å². The monoisotopic (exact) mass is 460 g/mol. The number of fused-ring (bicyclic) bond motifs is 6. The van der Waals surface area contributed by atoms with E-state index in [-0.39, 0.29) is 0 Å². The third-order valence-electron chi connectivity index (χ3n) is 4.32. The molecule has 0 amide bonds. The average molecular weight is 461 g/mol. The molecule has 0 saturated carbocycles. The van der Waals surface area contributed by atoms with Gasteiger partial charge in [-0.3, -0.25) is 2.78 Å². The van der Waals surface area contributed by atoms with Gasteiger partial charge >= 0.3 is 0 Å². The van der Waals surface area contributed by atoms with Crippen LogP contribution in [0.15, 0.2) is 59.1 Å². The minimum Gasteiger partial charge on any atom is -0.354 e. The molecule has 4 heteroatoms. The second-order valence-electron chi connectivity index (χ2n) is 5.48. The van der Waals surface area contributed by atoms with Crippen molar-refractivity contribution in [1.82, 2.24) is 7.76 Å². The summed E-state index contributed by atoms with van der Waals surface area (Å²) in [5.74, 6) is 0. The standard InChI is InChI=1S/C18H10BrIN2/c19-17-16-11-6-2-4-8-14(11)22(20)15(16)9-12-10-5-1-3-7-13(10)21-18(12)17/h1-9,21H. The van der Waals surface area contributed by atoms with Crippen LogP contribution in [0.25, 0.3) is 43.6 Å². The number of hydrogen-bond donors (Lipinski definition) is 1. The van der Waals surface area contributed by atoms with Gasteiger partial charge in [0.15, 0.2) is 0 Å². The van der Waals surface area contributed by atoms with Crippen LogP contribution in [0.2, 0.25) is 0 Å². The van der Waals surface area contributed by atoms with E-state index < -0.39 is 0 Å². The van der Waals surface area contributed by atoms with Crippen LogP contribution >= 0.6 is 38.8 Å². The number of nitrogens with zero attached hydrogens (tertiary/aromatic N) is 1. The van der Waals surface area contributed by atoms with Gasteiger partial charge in [-0.15, -0.1) is 0 Å². The first-order chi connectivity index (χ1) is 10.8. The Labute approximate surface area is 148 Å². The lowest BCUT2D eigenvalue weighted by Crippen LogP contribution is -1.79. The third-order valence-corrected chi connectivity index (χ3v) is 6.15. The summed E-state index contributed by atoms with van der Waals surface area (Å²) in [6.45, 7) is 0. The number of benzene rings is 3. The molecular formula is C18H10BrIN2. The summed E-state index contributed by atoms with van der Waals surface area (Å²) in [4.78, 5) is 3.55. The van der Waals surface area contributed by atoms with E-state index in [0.717, 1.165) is 4.47 Å². The molecule has 0 fully saturated rings. The summed E-state index contributed by atoms with van der Waals surface area (Å²) < 4.78 is 3.39. The van der Waals surface area contributed by atoms with Gasteiger partial charge < -0.3 is 4.98 Å². The summed E-state index contributed by atoms with van der Waals surface area (Å²) in [6.07, 6.45) is 0. The maximum absolute atomic E-state index is 3.85. The van der Waals surface area contributed by atoms with Crippen LogP contribution in [0.4, 0.5) is 0 Å².